The molecule has 1 aliphatic heterocycles. The van der Waals surface area contributed by atoms with E-state index in [0.717, 1.165) is 24.2 Å². The molecule has 2 N–H and O–H groups in total. The molecule has 4 aliphatic rings. The highest BCUT2D eigenvalue weighted by atomic mass is 127. The van der Waals surface area contributed by atoms with E-state index in [9.17, 15) is 0 Å². The number of aryl methyl sites for hydroxylation is 1. The first-order chi connectivity index (χ1) is 13.7. The summed E-state index contributed by atoms with van der Waals surface area (Å²) in [5.74, 6) is 3.45. The molecular formula is C21H35IN6O. The zero-order valence-corrected chi connectivity index (χ0v) is 20.0. The topological polar surface area (TPSA) is 76.4 Å². The van der Waals surface area contributed by atoms with Crippen LogP contribution in [0.2, 0.25) is 0 Å². The molecule has 1 aromatic heterocycles. The van der Waals surface area contributed by atoms with Crippen LogP contribution in [0.15, 0.2) is 4.99 Å². The van der Waals surface area contributed by atoms with Crippen LogP contribution in [0.4, 0.5) is 0 Å². The van der Waals surface area contributed by atoms with Gasteiger partial charge in [-0.1, -0.05) is 25.7 Å². The lowest BCUT2D eigenvalue weighted by molar-refractivity contribution is -0.125. The maximum Gasteiger partial charge on any atom is 0.192 e. The first-order valence-corrected chi connectivity index (χ1v) is 11.2. The van der Waals surface area contributed by atoms with Crippen LogP contribution in [0.25, 0.3) is 0 Å². The number of rotatable bonds is 4. The number of nitrogens with zero attached hydrogens (tertiary/aromatic N) is 4. The lowest BCUT2D eigenvalue weighted by atomic mass is 9.54. The van der Waals surface area contributed by atoms with Crippen molar-refractivity contribution < 1.29 is 4.74 Å². The second-order valence-electron chi connectivity index (χ2n) is 9.32. The molecule has 1 spiro atoms. The fraction of sp³-hybridized carbons (Fsp3) is 0.857. The van der Waals surface area contributed by atoms with E-state index in [1.807, 2.05) is 18.5 Å². The van der Waals surface area contributed by atoms with E-state index in [-0.39, 0.29) is 24.0 Å². The van der Waals surface area contributed by atoms with Gasteiger partial charge in [-0.25, -0.2) is 4.99 Å². The first-order valence-electron chi connectivity index (χ1n) is 11.2. The Morgan fingerprint density at radius 1 is 1.14 bits per heavy atom. The fourth-order valence-electron chi connectivity index (χ4n) is 6.19. The summed E-state index contributed by atoms with van der Waals surface area (Å²) in [5.41, 5.74) is 0.334. The molecule has 8 heteroatoms. The molecule has 2 heterocycles. The molecule has 3 atom stereocenters. The molecule has 0 bridgehead atoms. The number of aliphatic imine (C=N–C) groups is 1. The van der Waals surface area contributed by atoms with Gasteiger partial charge in [0.25, 0.3) is 0 Å². The Balaban J connectivity index is 0.00000205. The predicted octanol–water partition coefficient (Wildman–Crippen LogP) is 3.07. The smallest absolute Gasteiger partial charge is 0.192 e. The minimum Gasteiger partial charge on any atom is -0.377 e. The minimum absolute atomic E-state index is 0. The zero-order chi connectivity index (χ0) is 19.1. The Morgan fingerprint density at radius 3 is 2.59 bits per heavy atom. The van der Waals surface area contributed by atoms with E-state index in [4.69, 9.17) is 9.73 Å². The zero-order valence-electron chi connectivity index (χ0n) is 17.7. The molecule has 3 unspecified atom stereocenters. The summed E-state index contributed by atoms with van der Waals surface area (Å²) in [6, 6.07) is 1.04. The normalized spacial score (nSPS) is 30.8. The van der Waals surface area contributed by atoms with Crippen LogP contribution in [0.3, 0.4) is 0 Å². The van der Waals surface area contributed by atoms with Crippen molar-refractivity contribution in [3.8, 4) is 0 Å². The summed E-state index contributed by atoms with van der Waals surface area (Å²) in [7, 11) is 2.01. The fourth-order valence-corrected chi connectivity index (χ4v) is 6.19. The van der Waals surface area contributed by atoms with Gasteiger partial charge >= 0.3 is 0 Å². The Hall–Kier alpha value is -0.900. The number of hydrogen-bond acceptors (Lipinski definition) is 4. The summed E-state index contributed by atoms with van der Waals surface area (Å²) in [5, 5.41) is 16.1. The van der Waals surface area contributed by atoms with Gasteiger partial charge in [-0.2, -0.15) is 0 Å². The van der Waals surface area contributed by atoms with Crippen LogP contribution in [-0.2, 0) is 18.3 Å². The van der Waals surface area contributed by atoms with Gasteiger partial charge in [-0.05, 0) is 39.0 Å². The maximum atomic E-state index is 6.16. The number of nitrogens with one attached hydrogen (secondary N) is 2. The number of halogens is 1. The van der Waals surface area contributed by atoms with E-state index < -0.39 is 0 Å². The average Bonchev–Trinajstić information content (AvgIpc) is 3.47. The van der Waals surface area contributed by atoms with Gasteiger partial charge in [-0.15, -0.1) is 34.2 Å². The van der Waals surface area contributed by atoms with E-state index in [2.05, 4.69) is 20.8 Å². The van der Waals surface area contributed by atoms with Gasteiger partial charge in [0, 0.05) is 37.1 Å². The molecule has 162 valence electrons. The van der Waals surface area contributed by atoms with Crippen molar-refractivity contribution in [2.24, 2.45) is 23.4 Å². The molecule has 5 rings (SSSR count). The van der Waals surface area contributed by atoms with Crippen molar-refractivity contribution in [3.05, 3.63) is 11.6 Å². The van der Waals surface area contributed by atoms with Gasteiger partial charge < -0.3 is 19.9 Å². The van der Waals surface area contributed by atoms with Crippen LogP contribution < -0.4 is 10.6 Å². The number of guanidine groups is 1. The largest absolute Gasteiger partial charge is 0.377 e. The molecule has 1 aromatic rings. The van der Waals surface area contributed by atoms with Gasteiger partial charge in [0.05, 0.1) is 6.10 Å². The molecule has 3 saturated carbocycles. The van der Waals surface area contributed by atoms with Crippen LogP contribution in [0.1, 0.15) is 69.4 Å². The third kappa shape index (κ3) is 3.79. The van der Waals surface area contributed by atoms with E-state index >= 15 is 0 Å². The molecule has 0 amide bonds. The van der Waals surface area contributed by atoms with Crippen LogP contribution >= 0.6 is 24.0 Å². The molecule has 1 saturated heterocycles. The van der Waals surface area contributed by atoms with Crippen LogP contribution in [-0.4, -0.2) is 45.5 Å². The third-order valence-corrected chi connectivity index (χ3v) is 7.84. The average molecular weight is 514 g/mol. The summed E-state index contributed by atoms with van der Waals surface area (Å²) in [6.07, 6.45) is 12.1. The number of aromatic nitrogens is 3. The highest BCUT2D eigenvalue weighted by Crippen LogP contribution is 2.60. The highest BCUT2D eigenvalue weighted by Gasteiger charge is 2.65. The summed E-state index contributed by atoms with van der Waals surface area (Å²) < 4.78 is 8.19. The Morgan fingerprint density at radius 2 is 1.90 bits per heavy atom. The molecular weight excluding hydrogens is 479 g/mol. The van der Waals surface area contributed by atoms with E-state index in [0.29, 0.717) is 36.1 Å². The molecule has 4 fully saturated rings. The van der Waals surface area contributed by atoms with Crippen LogP contribution in [0.5, 0.6) is 0 Å². The lowest BCUT2D eigenvalue weighted by Gasteiger charge is -2.57. The number of fused-ring (bicyclic) bond motifs is 2. The molecule has 7 nitrogen and oxygen atoms in total. The van der Waals surface area contributed by atoms with Gasteiger partial charge in [0.1, 0.15) is 12.4 Å². The van der Waals surface area contributed by atoms with E-state index in [1.165, 1.54) is 57.8 Å². The summed E-state index contributed by atoms with van der Waals surface area (Å²) >= 11 is 0. The second kappa shape index (κ2) is 8.69. The minimum atomic E-state index is 0. The van der Waals surface area contributed by atoms with Gasteiger partial charge in [-0.3, -0.25) is 0 Å². The van der Waals surface area contributed by atoms with Crippen LogP contribution in [0, 0.1) is 18.3 Å². The van der Waals surface area contributed by atoms with E-state index in [1.54, 1.807) is 0 Å². The quantitative estimate of drug-likeness (QED) is 0.367. The molecule has 29 heavy (non-hydrogen) atoms. The molecule has 3 aliphatic carbocycles. The number of hydrogen-bond donors (Lipinski definition) is 2. The van der Waals surface area contributed by atoms with Crippen molar-refractivity contribution in [2.75, 3.05) is 6.61 Å². The Kier molecular flexibility index (Phi) is 6.39. The second-order valence-corrected chi connectivity index (χ2v) is 9.32. The summed E-state index contributed by atoms with van der Waals surface area (Å²) in [6.45, 7) is 3.47. The van der Waals surface area contributed by atoms with Crippen molar-refractivity contribution in [2.45, 2.75) is 89.4 Å². The van der Waals surface area contributed by atoms with Crippen molar-refractivity contribution in [3.63, 3.8) is 0 Å². The molecule has 0 radical (unpaired) electrons. The van der Waals surface area contributed by atoms with Gasteiger partial charge in [0.15, 0.2) is 11.8 Å². The first kappa shape index (κ1) is 21.3. The van der Waals surface area contributed by atoms with Crippen molar-refractivity contribution in [1.29, 1.82) is 0 Å². The van der Waals surface area contributed by atoms with Crippen molar-refractivity contribution in [1.82, 2.24) is 25.4 Å². The summed E-state index contributed by atoms with van der Waals surface area (Å²) in [4.78, 5) is 4.95. The SMILES string of the molecule is Cc1nnc(CN=C(NC2CCCC2)NC2C3CCOC3C23CCCC3)n1C.I. The standard InChI is InChI=1S/C21H34N6O.HI/c1-14-25-26-17(27(14)2)13-22-20(23-15-7-3-4-8-15)24-18-16-9-12-28-19(16)21(18)10-5-6-11-21;/h15-16,18-19H,3-13H2,1-2H3,(H2,22,23,24);1H. The Labute approximate surface area is 190 Å². The lowest BCUT2D eigenvalue weighted by Crippen LogP contribution is -2.69. The van der Waals surface area contributed by atoms with Gasteiger partial charge in [0.2, 0.25) is 0 Å². The Bertz CT molecular complexity index is 738. The molecule has 0 aromatic carbocycles. The highest BCUT2D eigenvalue weighted by molar-refractivity contribution is 14.0. The van der Waals surface area contributed by atoms with Crippen molar-refractivity contribution >= 4 is 29.9 Å². The number of ether oxygens (including phenoxy) is 1. The maximum absolute atomic E-state index is 6.16. The predicted molar refractivity (Wildman–Crippen MR) is 123 cm³/mol. The third-order valence-electron chi connectivity index (χ3n) is 7.84. The monoisotopic (exact) mass is 514 g/mol.